The van der Waals surface area contributed by atoms with Crippen LogP contribution in [-0.2, 0) is 17.8 Å². The Kier molecular flexibility index (Phi) is 6.60. The van der Waals surface area contributed by atoms with E-state index in [2.05, 4.69) is 22.4 Å². The summed E-state index contributed by atoms with van der Waals surface area (Å²) in [5.41, 5.74) is 2.24. The number of carbonyl (C=O) groups excluding carboxylic acids is 1. The highest BCUT2D eigenvalue weighted by atomic mass is 16.5. The molecule has 0 fully saturated rings. The molecule has 1 N–H and O–H groups in total. The molecule has 0 saturated carbocycles. The molecule has 1 amide bonds. The van der Waals surface area contributed by atoms with Crippen LogP contribution in [0, 0.1) is 0 Å². The molecule has 2 aromatic rings. The predicted octanol–water partition coefficient (Wildman–Crippen LogP) is 3.51. The standard InChI is InChI=1S/C19H24N2O2/c1-15(2)23-19-12-11-17(14-21-19)13-20-18(22)10-6-9-16-7-4-3-5-8-16/h3-5,7-8,11-12,14-15H,6,9-10,13H2,1-2H3,(H,20,22). The van der Waals surface area contributed by atoms with Gasteiger partial charge in [0.2, 0.25) is 11.8 Å². The van der Waals surface area contributed by atoms with Crippen molar-refractivity contribution in [2.24, 2.45) is 0 Å². The zero-order valence-electron chi connectivity index (χ0n) is 13.8. The van der Waals surface area contributed by atoms with Crippen molar-refractivity contribution in [3.63, 3.8) is 0 Å². The van der Waals surface area contributed by atoms with Gasteiger partial charge in [0.05, 0.1) is 6.10 Å². The summed E-state index contributed by atoms with van der Waals surface area (Å²) in [6.45, 7) is 4.43. The fraction of sp³-hybridized carbons (Fsp3) is 0.368. The molecule has 2 rings (SSSR count). The van der Waals surface area contributed by atoms with Gasteiger partial charge in [-0.05, 0) is 37.8 Å². The molecular weight excluding hydrogens is 288 g/mol. The molecule has 1 heterocycles. The van der Waals surface area contributed by atoms with E-state index in [1.807, 2.05) is 44.2 Å². The zero-order valence-corrected chi connectivity index (χ0v) is 13.8. The second kappa shape index (κ2) is 8.93. The number of aryl methyl sites for hydroxylation is 1. The normalized spacial score (nSPS) is 10.6. The van der Waals surface area contributed by atoms with Crippen LogP contribution in [0.25, 0.3) is 0 Å². The van der Waals surface area contributed by atoms with Crippen molar-refractivity contribution in [2.45, 2.75) is 45.8 Å². The first-order valence-electron chi connectivity index (χ1n) is 8.05. The van der Waals surface area contributed by atoms with Crippen molar-refractivity contribution in [1.29, 1.82) is 0 Å². The highest BCUT2D eigenvalue weighted by Crippen LogP contribution is 2.09. The van der Waals surface area contributed by atoms with E-state index in [4.69, 9.17) is 4.74 Å². The van der Waals surface area contributed by atoms with Crippen LogP contribution in [0.5, 0.6) is 5.88 Å². The third kappa shape index (κ3) is 6.51. The second-order valence-corrected chi connectivity index (χ2v) is 5.79. The summed E-state index contributed by atoms with van der Waals surface area (Å²) in [7, 11) is 0. The van der Waals surface area contributed by atoms with Crippen LogP contribution in [0.1, 0.15) is 37.8 Å². The van der Waals surface area contributed by atoms with Gasteiger partial charge in [-0.2, -0.15) is 0 Å². The summed E-state index contributed by atoms with van der Waals surface area (Å²) in [5.74, 6) is 0.682. The maximum Gasteiger partial charge on any atom is 0.220 e. The lowest BCUT2D eigenvalue weighted by Crippen LogP contribution is -2.22. The smallest absolute Gasteiger partial charge is 0.220 e. The summed E-state index contributed by atoms with van der Waals surface area (Å²) < 4.78 is 5.49. The fourth-order valence-corrected chi connectivity index (χ4v) is 2.21. The predicted molar refractivity (Wildman–Crippen MR) is 91.2 cm³/mol. The van der Waals surface area contributed by atoms with Crippen molar-refractivity contribution in [3.05, 3.63) is 59.8 Å². The van der Waals surface area contributed by atoms with Gasteiger partial charge in [-0.15, -0.1) is 0 Å². The van der Waals surface area contributed by atoms with Crippen LogP contribution in [0.2, 0.25) is 0 Å². The minimum Gasteiger partial charge on any atom is -0.475 e. The van der Waals surface area contributed by atoms with Gasteiger partial charge in [0.25, 0.3) is 0 Å². The first-order chi connectivity index (χ1) is 11.1. The summed E-state index contributed by atoms with van der Waals surface area (Å²) >= 11 is 0. The van der Waals surface area contributed by atoms with Crippen LogP contribution in [0.4, 0.5) is 0 Å². The molecule has 0 bridgehead atoms. The SMILES string of the molecule is CC(C)Oc1ccc(CNC(=O)CCCc2ccccc2)cn1. The van der Waals surface area contributed by atoms with E-state index in [0.29, 0.717) is 18.8 Å². The topological polar surface area (TPSA) is 51.2 Å². The molecule has 0 aliphatic heterocycles. The molecule has 1 aromatic carbocycles. The van der Waals surface area contributed by atoms with Crippen molar-refractivity contribution < 1.29 is 9.53 Å². The number of hydrogen-bond donors (Lipinski definition) is 1. The fourth-order valence-electron chi connectivity index (χ4n) is 2.21. The van der Waals surface area contributed by atoms with Gasteiger partial charge >= 0.3 is 0 Å². The Bertz CT molecular complexity index is 595. The monoisotopic (exact) mass is 312 g/mol. The van der Waals surface area contributed by atoms with E-state index in [9.17, 15) is 4.79 Å². The van der Waals surface area contributed by atoms with Crippen molar-refractivity contribution in [3.8, 4) is 5.88 Å². The van der Waals surface area contributed by atoms with Crippen molar-refractivity contribution in [1.82, 2.24) is 10.3 Å². The first-order valence-corrected chi connectivity index (χ1v) is 8.05. The number of nitrogens with zero attached hydrogens (tertiary/aromatic N) is 1. The number of rotatable bonds is 8. The summed E-state index contributed by atoms with van der Waals surface area (Å²) in [6, 6.07) is 14.0. The number of hydrogen-bond acceptors (Lipinski definition) is 3. The van der Waals surface area contributed by atoms with Gasteiger partial charge in [-0.3, -0.25) is 4.79 Å². The van der Waals surface area contributed by atoms with Gasteiger partial charge in [0, 0.05) is 25.2 Å². The maximum atomic E-state index is 11.9. The minimum absolute atomic E-state index is 0.0726. The second-order valence-electron chi connectivity index (χ2n) is 5.79. The zero-order chi connectivity index (χ0) is 16.5. The number of ether oxygens (including phenoxy) is 1. The van der Waals surface area contributed by atoms with Gasteiger partial charge in [0.15, 0.2) is 0 Å². The number of amides is 1. The lowest BCUT2D eigenvalue weighted by Gasteiger charge is -2.09. The molecule has 0 aliphatic carbocycles. The molecule has 23 heavy (non-hydrogen) atoms. The van der Waals surface area contributed by atoms with Crippen LogP contribution in [0.3, 0.4) is 0 Å². The lowest BCUT2D eigenvalue weighted by atomic mass is 10.1. The minimum atomic E-state index is 0.0726. The van der Waals surface area contributed by atoms with Gasteiger partial charge in [0.1, 0.15) is 0 Å². The van der Waals surface area contributed by atoms with Crippen molar-refractivity contribution in [2.75, 3.05) is 0 Å². The third-order valence-corrected chi connectivity index (χ3v) is 3.36. The van der Waals surface area contributed by atoms with Gasteiger partial charge in [-0.25, -0.2) is 4.98 Å². The molecule has 4 nitrogen and oxygen atoms in total. The van der Waals surface area contributed by atoms with Crippen LogP contribution in [0.15, 0.2) is 48.7 Å². The van der Waals surface area contributed by atoms with Crippen molar-refractivity contribution >= 4 is 5.91 Å². The van der Waals surface area contributed by atoms with E-state index in [-0.39, 0.29) is 12.0 Å². The molecule has 0 saturated heterocycles. The van der Waals surface area contributed by atoms with E-state index in [1.165, 1.54) is 5.56 Å². The summed E-state index contributed by atoms with van der Waals surface area (Å²) in [5, 5.41) is 2.93. The Morgan fingerprint density at radius 1 is 1.13 bits per heavy atom. The van der Waals surface area contributed by atoms with E-state index >= 15 is 0 Å². The molecule has 0 spiro atoms. The Balaban J connectivity index is 1.67. The molecular formula is C19H24N2O2. The molecule has 0 atom stereocenters. The Hall–Kier alpha value is -2.36. The number of pyridine rings is 1. The first kappa shape index (κ1) is 17.0. The lowest BCUT2D eigenvalue weighted by molar-refractivity contribution is -0.121. The Morgan fingerprint density at radius 2 is 1.91 bits per heavy atom. The van der Waals surface area contributed by atoms with Gasteiger partial charge in [-0.1, -0.05) is 36.4 Å². The highest BCUT2D eigenvalue weighted by Gasteiger charge is 2.03. The van der Waals surface area contributed by atoms with Crippen LogP contribution < -0.4 is 10.1 Å². The average molecular weight is 312 g/mol. The molecule has 0 radical (unpaired) electrons. The molecule has 1 aromatic heterocycles. The van der Waals surface area contributed by atoms with Crippen LogP contribution >= 0.6 is 0 Å². The van der Waals surface area contributed by atoms with Gasteiger partial charge < -0.3 is 10.1 Å². The number of aromatic nitrogens is 1. The quantitative estimate of drug-likeness (QED) is 0.811. The average Bonchev–Trinajstić information content (AvgIpc) is 2.55. The molecule has 4 heteroatoms. The maximum absolute atomic E-state index is 11.9. The summed E-state index contributed by atoms with van der Waals surface area (Å²) in [6.07, 6.45) is 4.17. The summed E-state index contributed by atoms with van der Waals surface area (Å²) in [4.78, 5) is 16.1. The number of benzene rings is 1. The largest absolute Gasteiger partial charge is 0.475 e. The Morgan fingerprint density at radius 3 is 2.57 bits per heavy atom. The number of nitrogens with one attached hydrogen (secondary N) is 1. The number of carbonyl (C=O) groups is 1. The van der Waals surface area contributed by atoms with E-state index < -0.39 is 0 Å². The molecule has 0 aliphatic rings. The highest BCUT2D eigenvalue weighted by molar-refractivity contribution is 5.75. The Labute approximate surface area is 137 Å². The molecule has 0 unspecified atom stereocenters. The molecule has 122 valence electrons. The van der Waals surface area contributed by atoms with E-state index in [1.54, 1.807) is 6.20 Å². The van der Waals surface area contributed by atoms with Crippen LogP contribution in [-0.4, -0.2) is 17.0 Å². The van der Waals surface area contributed by atoms with E-state index in [0.717, 1.165) is 18.4 Å². The third-order valence-electron chi connectivity index (χ3n) is 3.36.